The van der Waals surface area contributed by atoms with Gasteiger partial charge in [0.25, 0.3) is 5.91 Å². The Morgan fingerprint density at radius 2 is 2.09 bits per heavy atom. The summed E-state index contributed by atoms with van der Waals surface area (Å²) in [7, 11) is 1.65. The number of ether oxygens (including phenoxy) is 1. The van der Waals surface area contributed by atoms with Gasteiger partial charge in [0.05, 0.1) is 12.7 Å². The number of thiophene rings is 1. The smallest absolute Gasteiger partial charge is 0.256 e. The lowest BCUT2D eigenvalue weighted by atomic mass is 9.88. The summed E-state index contributed by atoms with van der Waals surface area (Å²) in [5.41, 5.74) is 3.07. The van der Waals surface area contributed by atoms with Crippen LogP contribution in [0.4, 0.5) is 5.00 Å². The summed E-state index contributed by atoms with van der Waals surface area (Å²) in [5, 5.41) is 7.59. The molecule has 2 N–H and O–H groups in total. The summed E-state index contributed by atoms with van der Waals surface area (Å²) in [4.78, 5) is 14.1. The Morgan fingerprint density at radius 3 is 2.91 bits per heavy atom. The van der Waals surface area contributed by atoms with E-state index in [2.05, 4.69) is 17.6 Å². The highest BCUT2D eigenvalue weighted by atomic mass is 32.1. The Balaban J connectivity index is 1.72. The van der Waals surface area contributed by atoms with E-state index in [1.807, 2.05) is 24.3 Å². The number of anilines is 1. The van der Waals surface area contributed by atoms with Gasteiger partial charge in [0, 0.05) is 10.4 Å². The molecule has 0 radical (unpaired) electrons. The molecule has 0 spiro atoms. The third-order valence-corrected chi connectivity index (χ3v) is 5.93. The van der Waals surface area contributed by atoms with E-state index < -0.39 is 0 Å². The van der Waals surface area contributed by atoms with Crippen LogP contribution in [0.3, 0.4) is 0 Å². The molecule has 120 valence electrons. The van der Waals surface area contributed by atoms with Crippen LogP contribution in [0.25, 0.3) is 0 Å². The summed E-state index contributed by atoms with van der Waals surface area (Å²) < 4.78 is 5.43. The standard InChI is InChI=1S/C18H20N2O2S/c1-10-7-8-12-14(9-10)23-18-15(12)17(21)19-16(20-18)11-5-3-4-6-13(11)22-2/h3-6,10,16,20H,7-9H2,1-2H3,(H,19,21)/t10-,16+/m1/s1. The molecule has 1 aromatic carbocycles. The van der Waals surface area contributed by atoms with E-state index in [-0.39, 0.29) is 12.1 Å². The summed E-state index contributed by atoms with van der Waals surface area (Å²) in [6.07, 6.45) is 3.01. The van der Waals surface area contributed by atoms with Crippen molar-refractivity contribution in [2.24, 2.45) is 5.92 Å². The lowest BCUT2D eigenvalue weighted by molar-refractivity contribution is 0.0934. The van der Waals surface area contributed by atoms with Gasteiger partial charge in [-0.05, 0) is 36.8 Å². The molecule has 1 aromatic heterocycles. The van der Waals surface area contributed by atoms with E-state index in [9.17, 15) is 4.79 Å². The van der Waals surface area contributed by atoms with Crippen LogP contribution in [0.15, 0.2) is 24.3 Å². The molecular formula is C18H20N2O2S. The third kappa shape index (κ3) is 2.39. The van der Waals surface area contributed by atoms with Crippen LogP contribution < -0.4 is 15.4 Å². The first kappa shape index (κ1) is 14.6. The van der Waals surface area contributed by atoms with Crippen LogP contribution in [0, 0.1) is 5.92 Å². The number of carbonyl (C=O) groups excluding carboxylic acids is 1. The van der Waals surface area contributed by atoms with Crippen LogP contribution in [0.1, 0.15) is 45.9 Å². The summed E-state index contributed by atoms with van der Waals surface area (Å²) in [6.45, 7) is 2.28. The first-order chi connectivity index (χ1) is 11.2. The number of nitrogens with one attached hydrogen (secondary N) is 2. The number of fused-ring (bicyclic) bond motifs is 3. The van der Waals surface area contributed by atoms with Crippen LogP contribution in [-0.2, 0) is 12.8 Å². The highest BCUT2D eigenvalue weighted by Crippen LogP contribution is 2.43. The van der Waals surface area contributed by atoms with Crippen molar-refractivity contribution in [1.29, 1.82) is 0 Å². The van der Waals surface area contributed by atoms with Crippen molar-refractivity contribution in [2.75, 3.05) is 12.4 Å². The molecule has 2 aliphatic rings. The molecule has 1 amide bonds. The van der Waals surface area contributed by atoms with E-state index in [0.717, 1.165) is 34.7 Å². The van der Waals surface area contributed by atoms with Crippen LogP contribution >= 0.6 is 11.3 Å². The van der Waals surface area contributed by atoms with Gasteiger partial charge >= 0.3 is 0 Å². The number of para-hydroxylation sites is 1. The average molecular weight is 328 g/mol. The molecule has 2 heterocycles. The molecular weight excluding hydrogens is 308 g/mol. The molecule has 23 heavy (non-hydrogen) atoms. The minimum atomic E-state index is -0.247. The largest absolute Gasteiger partial charge is 0.496 e. The van der Waals surface area contributed by atoms with Gasteiger partial charge in [0.15, 0.2) is 0 Å². The SMILES string of the molecule is COc1ccccc1[C@H]1NC(=O)c2c(sc3c2CC[C@@H](C)C3)N1. The second kappa shape index (κ2) is 5.57. The first-order valence-corrected chi connectivity index (χ1v) is 8.84. The van der Waals surface area contributed by atoms with Crippen LogP contribution in [0.2, 0.25) is 0 Å². The highest BCUT2D eigenvalue weighted by molar-refractivity contribution is 7.16. The van der Waals surface area contributed by atoms with Gasteiger partial charge in [-0.25, -0.2) is 0 Å². The maximum absolute atomic E-state index is 12.7. The monoisotopic (exact) mass is 328 g/mol. The number of amides is 1. The number of carbonyl (C=O) groups is 1. The molecule has 2 aromatic rings. The maximum atomic E-state index is 12.7. The maximum Gasteiger partial charge on any atom is 0.256 e. The number of hydrogen-bond donors (Lipinski definition) is 2. The third-order valence-electron chi connectivity index (χ3n) is 4.74. The molecule has 4 nitrogen and oxygen atoms in total. The lowest BCUT2D eigenvalue weighted by Gasteiger charge is -2.28. The zero-order chi connectivity index (χ0) is 16.0. The molecule has 0 unspecified atom stereocenters. The Labute approximate surface area is 139 Å². The second-order valence-corrected chi connectivity index (χ2v) is 7.45. The van der Waals surface area contributed by atoms with Crippen molar-refractivity contribution < 1.29 is 9.53 Å². The summed E-state index contributed by atoms with van der Waals surface area (Å²) in [6, 6.07) is 7.79. The van der Waals surface area contributed by atoms with Gasteiger partial charge in [0.1, 0.15) is 16.9 Å². The van der Waals surface area contributed by atoms with Gasteiger partial charge < -0.3 is 15.4 Å². The van der Waals surface area contributed by atoms with E-state index >= 15 is 0 Å². The van der Waals surface area contributed by atoms with E-state index in [1.54, 1.807) is 18.4 Å². The normalized spacial score (nSPS) is 22.6. The molecule has 1 aliphatic heterocycles. The van der Waals surface area contributed by atoms with Gasteiger partial charge in [-0.1, -0.05) is 25.1 Å². The molecule has 0 saturated carbocycles. The molecule has 2 atom stereocenters. The molecule has 5 heteroatoms. The van der Waals surface area contributed by atoms with Crippen LogP contribution in [-0.4, -0.2) is 13.0 Å². The van der Waals surface area contributed by atoms with Crippen molar-refractivity contribution in [3.8, 4) is 5.75 Å². The number of rotatable bonds is 2. The Bertz CT molecular complexity index is 768. The van der Waals surface area contributed by atoms with Gasteiger partial charge in [-0.15, -0.1) is 11.3 Å². The quantitative estimate of drug-likeness (QED) is 0.883. The Kier molecular flexibility index (Phi) is 3.53. The topological polar surface area (TPSA) is 50.4 Å². The Hall–Kier alpha value is -2.01. The molecule has 1 aliphatic carbocycles. The summed E-state index contributed by atoms with van der Waals surface area (Å²) in [5.74, 6) is 1.51. The highest BCUT2D eigenvalue weighted by Gasteiger charge is 2.33. The first-order valence-electron chi connectivity index (χ1n) is 8.02. The minimum Gasteiger partial charge on any atom is -0.496 e. The molecule has 0 bridgehead atoms. The lowest BCUT2D eigenvalue weighted by Crippen LogP contribution is -2.38. The fraction of sp³-hybridized carbons (Fsp3) is 0.389. The minimum absolute atomic E-state index is 0.0294. The van der Waals surface area contributed by atoms with Crippen molar-refractivity contribution in [3.63, 3.8) is 0 Å². The predicted octanol–water partition coefficient (Wildman–Crippen LogP) is 3.74. The molecule has 0 fully saturated rings. The molecule has 4 rings (SSSR count). The predicted molar refractivity (Wildman–Crippen MR) is 92.3 cm³/mol. The molecule has 0 saturated heterocycles. The van der Waals surface area contributed by atoms with E-state index in [4.69, 9.17) is 4.74 Å². The van der Waals surface area contributed by atoms with Crippen molar-refractivity contribution in [1.82, 2.24) is 5.32 Å². The number of hydrogen-bond acceptors (Lipinski definition) is 4. The fourth-order valence-corrected chi connectivity index (χ4v) is 4.96. The van der Waals surface area contributed by atoms with Crippen LogP contribution in [0.5, 0.6) is 5.75 Å². The van der Waals surface area contributed by atoms with Gasteiger partial charge in [-0.3, -0.25) is 4.79 Å². The zero-order valence-electron chi connectivity index (χ0n) is 13.3. The number of benzene rings is 1. The van der Waals surface area contributed by atoms with Crippen molar-refractivity contribution in [3.05, 3.63) is 45.8 Å². The van der Waals surface area contributed by atoms with E-state index in [0.29, 0.717) is 5.92 Å². The van der Waals surface area contributed by atoms with Gasteiger partial charge in [0.2, 0.25) is 0 Å². The number of methoxy groups -OCH3 is 1. The van der Waals surface area contributed by atoms with Crippen molar-refractivity contribution in [2.45, 2.75) is 32.4 Å². The fourth-order valence-electron chi connectivity index (χ4n) is 3.52. The van der Waals surface area contributed by atoms with E-state index in [1.165, 1.54) is 16.9 Å². The Morgan fingerprint density at radius 1 is 1.26 bits per heavy atom. The second-order valence-electron chi connectivity index (χ2n) is 6.35. The van der Waals surface area contributed by atoms with Gasteiger partial charge in [-0.2, -0.15) is 0 Å². The zero-order valence-corrected chi connectivity index (χ0v) is 14.1. The summed E-state index contributed by atoms with van der Waals surface area (Å²) >= 11 is 1.74. The van der Waals surface area contributed by atoms with Crippen molar-refractivity contribution >= 4 is 22.2 Å². The average Bonchev–Trinajstić information content (AvgIpc) is 2.92.